The Morgan fingerprint density at radius 1 is 1.15 bits per heavy atom. The van der Waals surface area contributed by atoms with Crippen molar-refractivity contribution in [3.05, 3.63) is 58.1 Å². The number of hydrogen-bond acceptors (Lipinski definition) is 5. The molecule has 1 fully saturated rings. The van der Waals surface area contributed by atoms with E-state index >= 15 is 0 Å². The van der Waals surface area contributed by atoms with Crippen molar-refractivity contribution in [1.29, 1.82) is 0 Å². The van der Waals surface area contributed by atoms with Crippen molar-refractivity contribution < 1.29 is 32.2 Å². The molecular formula is C23H24Cl2F3NO4. The largest absolute Gasteiger partial charge is 0.490 e. The third-order valence-electron chi connectivity index (χ3n) is 5.23. The molecule has 0 bridgehead atoms. The Labute approximate surface area is 200 Å². The summed E-state index contributed by atoms with van der Waals surface area (Å²) < 4.78 is 54.2. The first-order valence-electron chi connectivity index (χ1n) is 10.4. The number of nitrogens with one attached hydrogen (secondary N) is 1. The van der Waals surface area contributed by atoms with Gasteiger partial charge in [0.25, 0.3) is 0 Å². The molecule has 0 aromatic heterocycles. The van der Waals surface area contributed by atoms with Crippen LogP contribution in [0.25, 0.3) is 0 Å². The van der Waals surface area contributed by atoms with E-state index in [0.29, 0.717) is 24.6 Å². The molecule has 1 unspecified atom stereocenters. The minimum absolute atomic E-state index is 0.113. The van der Waals surface area contributed by atoms with Crippen molar-refractivity contribution in [2.24, 2.45) is 0 Å². The molecule has 0 aliphatic carbocycles. The number of benzene rings is 2. The lowest BCUT2D eigenvalue weighted by atomic mass is 10.0. The summed E-state index contributed by atoms with van der Waals surface area (Å²) in [6.07, 6.45) is -5.89. The molecule has 1 N–H and O–H groups in total. The van der Waals surface area contributed by atoms with E-state index in [2.05, 4.69) is 23.9 Å². The smallest absolute Gasteiger partial charge is 0.489 e. The predicted octanol–water partition coefficient (Wildman–Crippen LogP) is 5.78. The van der Waals surface area contributed by atoms with Gasteiger partial charge in [-0.2, -0.15) is 13.2 Å². The maximum Gasteiger partial charge on any atom is 0.490 e. The third-order valence-corrected chi connectivity index (χ3v) is 6.03. The van der Waals surface area contributed by atoms with Crippen LogP contribution in [0.4, 0.5) is 13.2 Å². The molecule has 1 saturated heterocycles. The number of rotatable bonds is 8. The molecule has 1 heterocycles. The molecule has 0 spiro atoms. The van der Waals surface area contributed by atoms with Crippen LogP contribution < -0.4 is 14.8 Å². The Morgan fingerprint density at radius 2 is 1.85 bits per heavy atom. The maximum atomic E-state index is 12.6. The molecule has 1 aliphatic heterocycles. The van der Waals surface area contributed by atoms with Gasteiger partial charge in [0.05, 0.1) is 11.1 Å². The monoisotopic (exact) mass is 505 g/mol. The topological polar surface area (TPSA) is 56.8 Å². The van der Waals surface area contributed by atoms with E-state index in [-0.39, 0.29) is 21.9 Å². The van der Waals surface area contributed by atoms with Crippen LogP contribution in [0.3, 0.4) is 0 Å². The second kappa shape index (κ2) is 10.8. The summed E-state index contributed by atoms with van der Waals surface area (Å²) >= 11 is 12.2. The van der Waals surface area contributed by atoms with Gasteiger partial charge in [-0.25, -0.2) is 4.79 Å². The molecule has 3 rings (SSSR count). The number of carbonyl (C=O) groups is 1. The van der Waals surface area contributed by atoms with E-state index in [0.717, 1.165) is 0 Å². The summed E-state index contributed by atoms with van der Waals surface area (Å²) in [5.74, 6) is -1.03. The van der Waals surface area contributed by atoms with E-state index in [4.69, 9.17) is 32.7 Å². The Hall–Kier alpha value is -2.16. The second-order valence-corrected chi connectivity index (χ2v) is 8.80. The zero-order chi connectivity index (χ0) is 24.2. The fourth-order valence-electron chi connectivity index (χ4n) is 3.44. The number of hydrogen-bond donors (Lipinski definition) is 1. The van der Waals surface area contributed by atoms with Gasteiger partial charge < -0.3 is 19.5 Å². The summed E-state index contributed by atoms with van der Waals surface area (Å²) in [5, 5.41) is 3.52. The van der Waals surface area contributed by atoms with E-state index in [1.807, 2.05) is 24.3 Å². The van der Waals surface area contributed by atoms with Gasteiger partial charge in [0.1, 0.15) is 35.3 Å². The molecule has 3 atom stereocenters. The van der Waals surface area contributed by atoms with Gasteiger partial charge in [0.15, 0.2) is 0 Å². The van der Waals surface area contributed by atoms with Gasteiger partial charge in [-0.15, -0.1) is 0 Å². The molecule has 10 heteroatoms. The minimum atomic E-state index is -5.10. The van der Waals surface area contributed by atoms with E-state index in [1.165, 1.54) is 11.6 Å². The standard InChI is InChI=1S/C23H24Cl2F3NO4/c1-13(2)14-6-8-15(9-7-14)32-16-10-18(29-11-16)20(12-31-22(30)23(26,27)28)33-19-5-3-4-17(24)21(19)25/h3-9,13,16,18,20,29H,10-12H2,1-2H3/t16-,18+,20?/m1/s1. The third kappa shape index (κ3) is 6.91. The first-order valence-corrected chi connectivity index (χ1v) is 11.1. The van der Waals surface area contributed by atoms with E-state index in [1.54, 1.807) is 12.1 Å². The normalized spacial score (nSPS) is 19.4. The van der Waals surface area contributed by atoms with Crippen molar-refractivity contribution >= 4 is 29.2 Å². The highest BCUT2D eigenvalue weighted by Crippen LogP contribution is 2.33. The zero-order valence-electron chi connectivity index (χ0n) is 18.0. The summed E-state index contributed by atoms with van der Waals surface area (Å²) in [5.41, 5.74) is 1.18. The van der Waals surface area contributed by atoms with Crippen molar-refractivity contribution in [2.45, 2.75) is 50.6 Å². The lowest BCUT2D eigenvalue weighted by Crippen LogP contribution is -2.43. The fourth-order valence-corrected chi connectivity index (χ4v) is 3.78. The molecule has 0 saturated carbocycles. The van der Waals surface area contributed by atoms with Crippen LogP contribution in [-0.2, 0) is 9.53 Å². The molecule has 33 heavy (non-hydrogen) atoms. The zero-order valence-corrected chi connectivity index (χ0v) is 19.5. The Kier molecular flexibility index (Phi) is 8.37. The number of carbonyl (C=O) groups excluding carboxylic acids is 1. The maximum absolute atomic E-state index is 12.6. The highest BCUT2D eigenvalue weighted by Gasteiger charge is 2.42. The molecule has 0 amide bonds. The predicted molar refractivity (Wildman–Crippen MR) is 119 cm³/mol. The summed E-state index contributed by atoms with van der Waals surface area (Å²) in [6.45, 7) is 4.00. The van der Waals surface area contributed by atoms with Crippen LogP contribution in [0.5, 0.6) is 11.5 Å². The van der Waals surface area contributed by atoms with Crippen LogP contribution in [0.2, 0.25) is 10.0 Å². The van der Waals surface area contributed by atoms with Crippen molar-refractivity contribution in [2.75, 3.05) is 13.2 Å². The molecular weight excluding hydrogens is 482 g/mol. The minimum Gasteiger partial charge on any atom is -0.489 e. The van der Waals surface area contributed by atoms with Crippen LogP contribution in [0, 0.1) is 0 Å². The molecule has 2 aromatic carbocycles. The molecule has 0 radical (unpaired) electrons. The number of ether oxygens (including phenoxy) is 3. The fraction of sp³-hybridized carbons (Fsp3) is 0.435. The Bertz CT molecular complexity index is 954. The number of alkyl halides is 3. The number of halogens is 5. The average Bonchev–Trinajstić information content (AvgIpc) is 3.21. The van der Waals surface area contributed by atoms with Gasteiger partial charge in [-0.3, -0.25) is 0 Å². The summed E-state index contributed by atoms with van der Waals surface area (Å²) in [7, 11) is 0. The van der Waals surface area contributed by atoms with Gasteiger partial charge in [-0.05, 0) is 35.7 Å². The van der Waals surface area contributed by atoms with Gasteiger partial charge in [0, 0.05) is 13.0 Å². The Balaban J connectivity index is 1.68. The first kappa shape index (κ1) is 25.5. The Morgan fingerprint density at radius 3 is 2.48 bits per heavy atom. The second-order valence-electron chi connectivity index (χ2n) is 8.02. The highest BCUT2D eigenvalue weighted by atomic mass is 35.5. The van der Waals surface area contributed by atoms with E-state index in [9.17, 15) is 18.0 Å². The van der Waals surface area contributed by atoms with E-state index < -0.39 is 30.9 Å². The van der Waals surface area contributed by atoms with Crippen LogP contribution in [0.15, 0.2) is 42.5 Å². The molecule has 2 aromatic rings. The number of esters is 1. The summed E-state index contributed by atoms with van der Waals surface area (Å²) in [4.78, 5) is 11.2. The van der Waals surface area contributed by atoms with Crippen molar-refractivity contribution in [3.63, 3.8) is 0 Å². The molecule has 1 aliphatic rings. The first-order chi connectivity index (χ1) is 15.5. The SMILES string of the molecule is CC(C)c1ccc(O[C@H]2CN[C@H](C(COC(=O)C(F)(F)F)Oc3cccc(Cl)c3Cl)C2)cc1. The lowest BCUT2D eigenvalue weighted by molar-refractivity contribution is -0.201. The van der Waals surface area contributed by atoms with Crippen molar-refractivity contribution in [3.8, 4) is 11.5 Å². The summed E-state index contributed by atoms with van der Waals surface area (Å²) in [6, 6.07) is 12.0. The molecule has 5 nitrogen and oxygen atoms in total. The van der Waals surface area contributed by atoms with Crippen LogP contribution in [-0.4, -0.2) is 43.5 Å². The van der Waals surface area contributed by atoms with Crippen LogP contribution in [0.1, 0.15) is 31.7 Å². The quantitative estimate of drug-likeness (QED) is 0.461. The van der Waals surface area contributed by atoms with Gasteiger partial charge in [-0.1, -0.05) is 55.2 Å². The average molecular weight is 506 g/mol. The highest BCUT2D eigenvalue weighted by molar-refractivity contribution is 6.42. The van der Waals surface area contributed by atoms with Crippen LogP contribution >= 0.6 is 23.2 Å². The molecule has 180 valence electrons. The van der Waals surface area contributed by atoms with Crippen molar-refractivity contribution in [1.82, 2.24) is 5.32 Å². The lowest BCUT2D eigenvalue weighted by Gasteiger charge is -2.25. The van der Waals surface area contributed by atoms with Gasteiger partial charge >= 0.3 is 12.1 Å². The van der Waals surface area contributed by atoms with Gasteiger partial charge in [0.2, 0.25) is 0 Å².